The first-order chi connectivity index (χ1) is 8.81. The largest absolute Gasteiger partial charge is 0.478 e. The number of carboxylic acid groups (broad SMARTS) is 1. The Morgan fingerprint density at radius 2 is 2.11 bits per heavy atom. The summed E-state index contributed by atoms with van der Waals surface area (Å²) in [5.74, 6) is -3.42. The van der Waals surface area contributed by atoms with E-state index in [0.29, 0.717) is 18.2 Å². The molecule has 0 aliphatic rings. The van der Waals surface area contributed by atoms with Crippen LogP contribution < -0.4 is 4.74 Å². The minimum absolute atomic E-state index is 0.399. The number of carbonyl (C=O) groups is 1. The monoisotopic (exact) mass is 277 g/mol. The summed E-state index contributed by atoms with van der Waals surface area (Å²) in [5, 5.41) is 19.0. The lowest BCUT2D eigenvalue weighted by molar-refractivity contribution is -0.386. The predicted octanol–water partition coefficient (Wildman–Crippen LogP) is 2.43. The number of benzene rings is 1. The van der Waals surface area contributed by atoms with Gasteiger partial charge in [-0.25, -0.2) is 9.18 Å². The summed E-state index contributed by atoms with van der Waals surface area (Å²) >= 11 is 0. The van der Waals surface area contributed by atoms with Gasteiger partial charge < -0.3 is 9.84 Å². The van der Waals surface area contributed by atoms with Crippen molar-refractivity contribution in [1.82, 2.24) is 0 Å². The first-order valence-corrected chi connectivity index (χ1v) is 4.65. The Morgan fingerprint density at radius 3 is 2.58 bits per heavy atom. The summed E-state index contributed by atoms with van der Waals surface area (Å²) in [5.41, 5.74) is -1.50. The summed E-state index contributed by atoms with van der Waals surface area (Å²) in [6.45, 7) is -3.37. The van der Waals surface area contributed by atoms with Crippen LogP contribution in [0.4, 0.5) is 18.9 Å². The molecule has 0 saturated carbocycles. The van der Waals surface area contributed by atoms with Crippen LogP contribution in [0, 0.1) is 15.9 Å². The van der Waals surface area contributed by atoms with E-state index in [1.54, 1.807) is 0 Å². The number of ether oxygens (including phenoxy) is 1. The molecule has 0 bridgehead atoms. The Hall–Kier alpha value is -2.58. The lowest BCUT2D eigenvalue weighted by Gasteiger charge is -2.08. The molecule has 0 aliphatic heterocycles. The summed E-state index contributed by atoms with van der Waals surface area (Å²) in [6, 6.07) is 1.04. The second kappa shape index (κ2) is 5.85. The van der Waals surface area contributed by atoms with E-state index in [4.69, 9.17) is 5.11 Å². The normalized spacial score (nSPS) is 10.9. The van der Waals surface area contributed by atoms with Crippen molar-refractivity contribution in [3.05, 3.63) is 39.7 Å². The molecule has 1 aromatic carbocycles. The molecule has 0 unspecified atom stereocenters. The molecule has 1 N–H and O–H groups in total. The molecule has 0 radical (unpaired) electrons. The quantitative estimate of drug-likeness (QED) is 0.507. The summed E-state index contributed by atoms with van der Waals surface area (Å²) in [4.78, 5) is 19.8. The maximum Gasteiger partial charge on any atom is 0.387 e. The van der Waals surface area contributed by atoms with E-state index in [2.05, 4.69) is 4.74 Å². The highest BCUT2D eigenvalue weighted by Crippen LogP contribution is 2.34. The van der Waals surface area contributed by atoms with Gasteiger partial charge in [-0.1, -0.05) is 0 Å². The maximum absolute atomic E-state index is 13.1. The fourth-order valence-corrected chi connectivity index (χ4v) is 1.24. The Bertz CT molecular complexity index is 544. The van der Waals surface area contributed by atoms with Crippen molar-refractivity contribution >= 4 is 17.7 Å². The number of nitro benzene ring substituents is 1. The number of nitrogens with zero attached hydrogens (tertiary/aromatic N) is 1. The van der Waals surface area contributed by atoms with Crippen molar-refractivity contribution in [3.63, 3.8) is 0 Å². The van der Waals surface area contributed by atoms with Gasteiger partial charge >= 0.3 is 18.3 Å². The third-order valence-electron chi connectivity index (χ3n) is 1.87. The minimum atomic E-state index is -3.37. The van der Waals surface area contributed by atoms with Crippen LogP contribution in [0.1, 0.15) is 5.56 Å². The Morgan fingerprint density at radius 1 is 1.47 bits per heavy atom. The van der Waals surface area contributed by atoms with Gasteiger partial charge in [0.05, 0.1) is 11.0 Å². The summed E-state index contributed by atoms with van der Waals surface area (Å²) in [7, 11) is 0. The van der Waals surface area contributed by atoms with Crippen molar-refractivity contribution in [2.75, 3.05) is 0 Å². The van der Waals surface area contributed by atoms with Gasteiger partial charge in [0.15, 0.2) is 0 Å². The molecule has 1 aromatic rings. The molecule has 0 amide bonds. The van der Waals surface area contributed by atoms with Crippen molar-refractivity contribution < 1.29 is 32.7 Å². The number of carboxylic acids is 1. The van der Waals surface area contributed by atoms with E-state index in [1.807, 2.05) is 0 Å². The van der Waals surface area contributed by atoms with Crippen molar-refractivity contribution in [1.29, 1.82) is 0 Å². The number of hydrogen-bond donors (Lipinski definition) is 1. The molecule has 0 fully saturated rings. The van der Waals surface area contributed by atoms with Gasteiger partial charge in [-0.15, -0.1) is 0 Å². The van der Waals surface area contributed by atoms with E-state index in [-0.39, 0.29) is 0 Å². The Kier molecular flexibility index (Phi) is 4.46. The second-order valence-corrected chi connectivity index (χ2v) is 3.15. The van der Waals surface area contributed by atoms with E-state index >= 15 is 0 Å². The highest BCUT2D eigenvalue weighted by Gasteiger charge is 2.23. The SMILES string of the molecule is O=C(O)/C=C/c1cc(F)cc([N+](=O)[O-])c1OC(F)F. The molecule has 0 spiro atoms. The van der Waals surface area contributed by atoms with Crippen LogP contribution in [-0.2, 0) is 4.79 Å². The van der Waals surface area contributed by atoms with E-state index in [9.17, 15) is 28.1 Å². The van der Waals surface area contributed by atoms with Crippen LogP contribution in [-0.4, -0.2) is 22.6 Å². The molecule has 102 valence electrons. The van der Waals surface area contributed by atoms with Gasteiger partial charge in [0, 0.05) is 11.6 Å². The van der Waals surface area contributed by atoms with Gasteiger partial charge in [-0.05, 0) is 12.1 Å². The van der Waals surface area contributed by atoms with Gasteiger partial charge in [-0.3, -0.25) is 10.1 Å². The molecular weight excluding hydrogens is 271 g/mol. The number of alkyl halides is 2. The third kappa shape index (κ3) is 3.98. The fourth-order valence-electron chi connectivity index (χ4n) is 1.24. The first kappa shape index (κ1) is 14.5. The topological polar surface area (TPSA) is 89.7 Å². The molecule has 6 nitrogen and oxygen atoms in total. The average Bonchev–Trinajstić information content (AvgIpc) is 2.27. The van der Waals surface area contributed by atoms with Crippen LogP contribution in [0.25, 0.3) is 6.08 Å². The summed E-state index contributed by atoms with van der Waals surface area (Å²) in [6.07, 6.45) is 1.23. The smallest absolute Gasteiger partial charge is 0.387 e. The highest BCUT2D eigenvalue weighted by molar-refractivity contribution is 5.86. The standard InChI is InChI=1S/C10H6F3NO5/c11-6-3-5(1-2-8(15)16)9(19-10(12)13)7(4-6)14(17)18/h1-4,10H,(H,15,16)/b2-1+. The van der Waals surface area contributed by atoms with E-state index in [1.165, 1.54) is 0 Å². The number of halogens is 3. The zero-order valence-corrected chi connectivity index (χ0v) is 9.05. The molecular formula is C10H6F3NO5. The summed E-state index contributed by atoms with van der Waals surface area (Å²) < 4.78 is 41.4. The number of nitro groups is 1. The first-order valence-electron chi connectivity index (χ1n) is 4.65. The molecule has 0 aromatic heterocycles. The van der Waals surface area contributed by atoms with Crippen LogP contribution in [0.15, 0.2) is 18.2 Å². The van der Waals surface area contributed by atoms with E-state index in [0.717, 1.165) is 6.08 Å². The zero-order valence-electron chi connectivity index (χ0n) is 9.05. The molecule has 0 saturated heterocycles. The Labute approximate surface area is 103 Å². The van der Waals surface area contributed by atoms with Crippen molar-refractivity contribution in [2.45, 2.75) is 6.61 Å². The molecule has 0 aliphatic carbocycles. The lowest BCUT2D eigenvalue weighted by atomic mass is 10.1. The van der Waals surface area contributed by atoms with Gasteiger partial charge in [0.1, 0.15) is 5.82 Å². The fraction of sp³-hybridized carbons (Fsp3) is 0.100. The van der Waals surface area contributed by atoms with Crippen LogP contribution in [0.5, 0.6) is 5.75 Å². The maximum atomic E-state index is 13.1. The van der Waals surface area contributed by atoms with E-state index < -0.39 is 40.3 Å². The van der Waals surface area contributed by atoms with Gasteiger partial charge in [-0.2, -0.15) is 8.78 Å². The number of rotatable bonds is 5. The Balaban J connectivity index is 3.41. The second-order valence-electron chi connectivity index (χ2n) is 3.15. The highest BCUT2D eigenvalue weighted by atomic mass is 19.3. The molecule has 0 atom stereocenters. The average molecular weight is 277 g/mol. The van der Waals surface area contributed by atoms with Gasteiger partial charge in [0.2, 0.25) is 5.75 Å². The molecule has 9 heteroatoms. The minimum Gasteiger partial charge on any atom is -0.478 e. The number of hydrogen-bond acceptors (Lipinski definition) is 4. The van der Waals surface area contributed by atoms with Crippen molar-refractivity contribution in [3.8, 4) is 5.75 Å². The van der Waals surface area contributed by atoms with Crippen LogP contribution in [0.2, 0.25) is 0 Å². The zero-order chi connectivity index (χ0) is 14.6. The van der Waals surface area contributed by atoms with Gasteiger partial charge in [0.25, 0.3) is 0 Å². The predicted molar refractivity (Wildman–Crippen MR) is 56.4 cm³/mol. The molecule has 0 heterocycles. The van der Waals surface area contributed by atoms with Crippen LogP contribution in [0.3, 0.4) is 0 Å². The van der Waals surface area contributed by atoms with Crippen molar-refractivity contribution in [2.24, 2.45) is 0 Å². The molecule has 19 heavy (non-hydrogen) atoms. The van der Waals surface area contributed by atoms with Crippen LogP contribution >= 0.6 is 0 Å². The third-order valence-corrected chi connectivity index (χ3v) is 1.87. The number of aliphatic carboxylic acids is 1. The lowest BCUT2D eigenvalue weighted by Crippen LogP contribution is -2.06. The molecule has 1 rings (SSSR count).